The molecule has 2 aromatic carbocycles. The van der Waals surface area contributed by atoms with Gasteiger partial charge < -0.3 is 20.3 Å². The zero-order valence-electron chi connectivity index (χ0n) is 15.5. The van der Waals surface area contributed by atoms with Gasteiger partial charge in [0, 0.05) is 11.3 Å². The molecule has 8 heteroatoms. The Morgan fingerprint density at radius 2 is 1.90 bits per heavy atom. The van der Waals surface area contributed by atoms with E-state index >= 15 is 0 Å². The van der Waals surface area contributed by atoms with Crippen LogP contribution in [0.25, 0.3) is 11.1 Å². The van der Waals surface area contributed by atoms with E-state index in [1.54, 1.807) is 19.1 Å². The number of ether oxygens (including phenoxy) is 1. The number of nitrogens with one attached hydrogen (secondary N) is 1. The molecule has 0 radical (unpaired) electrons. The van der Waals surface area contributed by atoms with Gasteiger partial charge in [-0.15, -0.1) is 0 Å². The van der Waals surface area contributed by atoms with Crippen molar-refractivity contribution in [3.8, 4) is 16.9 Å². The van der Waals surface area contributed by atoms with Crippen molar-refractivity contribution >= 4 is 17.6 Å². The maximum atomic E-state index is 14.6. The van der Waals surface area contributed by atoms with Crippen molar-refractivity contribution in [3.63, 3.8) is 0 Å². The molecule has 1 aliphatic carbocycles. The van der Waals surface area contributed by atoms with E-state index in [1.807, 2.05) is 0 Å². The predicted molar refractivity (Wildman–Crippen MR) is 101 cm³/mol. The molecular formula is C21H19F2NO5. The van der Waals surface area contributed by atoms with Crippen molar-refractivity contribution < 1.29 is 33.3 Å². The third-order valence-electron chi connectivity index (χ3n) is 4.56. The molecule has 0 bridgehead atoms. The molecule has 6 nitrogen and oxygen atoms in total. The summed E-state index contributed by atoms with van der Waals surface area (Å²) in [6.45, 7) is 2.20. The van der Waals surface area contributed by atoms with Crippen LogP contribution in [0.1, 0.15) is 19.8 Å². The number of amides is 1. The van der Waals surface area contributed by atoms with E-state index in [2.05, 4.69) is 5.32 Å². The quantitative estimate of drug-likeness (QED) is 0.686. The van der Waals surface area contributed by atoms with Gasteiger partial charge in [0.25, 0.3) is 5.91 Å². The average Bonchev–Trinajstić information content (AvgIpc) is 3.04. The monoisotopic (exact) mass is 403 g/mol. The first-order valence-electron chi connectivity index (χ1n) is 8.99. The topological polar surface area (TPSA) is 95.9 Å². The van der Waals surface area contributed by atoms with E-state index in [4.69, 9.17) is 9.84 Å². The fraction of sp³-hybridized carbons (Fsp3) is 0.238. The molecule has 3 N–H and O–H groups in total. The van der Waals surface area contributed by atoms with Crippen molar-refractivity contribution in [1.29, 1.82) is 0 Å². The highest BCUT2D eigenvalue weighted by Gasteiger charge is 2.32. The Balaban J connectivity index is 1.89. The van der Waals surface area contributed by atoms with Crippen LogP contribution in [0.3, 0.4) is 0 Å². The second kappa shape index (κ2) is 8.40. The molecule has 2 aromatic rings. The van der Waals surface area contributed by atoms with Crippen LogP contribution in [0.15, 0.2) is 47.5 Å². The first-order valence-corrected chi connectivity index (χ1v) is 8.99. The summed E-state index contributed by atoms with van der Waals surface area (Å²) in [6.07, 6.45) is -1.09. The Morgan fingerprint density at radius 1 is 1.21 bits per heavy atom. The van der Waals surface area contributed by atoms with Crippen LogP contribution in [0, 0.1) is 11.6 Å². The summed E-state index contributed by atoms with van der Waals surface area (Å²) in [7, 11) is 0. The molecular weight excluding hydrogens is 384 g/mol. The summed E-state index contributed by atoms with van der Waals surface area (Å²) >= 11 is 0. The number of halogens is 2. The van der Waals surface area contributed by atoms with Crippen molar-refractivity contribution in [1.82, 2.24) is 0 Å². The van der Waals surface area contributed by atoms with E-state index in [0.29, 0.717) is 12.4 Å². The molecule has 0 saturated heterocycles. The molecule has 1 amide bonds. The Kier molecular flexibility index (Phi) is 5.93. The number of carbonyl (C=O) groups excluding carboxylic acids is 1. The molecule has 29 heavy (non-hydrogen) atoms. The number of carboxylic acid groups (broad SMARTS) is 1. The van der Waals surface area contributed by atoms with Gasteiger partial charge >= 0.3 is 5.97 Å². The normalized spacial score (nSPS) is 16.1. The first-order chi connectivity index (χ1) is 13.8. The zero-order chi connectivity index (χ0) is 21.1. The van der Waals surface area contributed by atoms with Gasteiger partial charge in [-0.3, -0.25) is 4.79 Å². The minimum absolute atomic E-state index is 0.0574. The van der Waals surface area contributed by atoms with Gasteiger partial charge in [0.05, 0.1) is 23.8 Å². The van der Waals surface area contributed by atoms with Crippen molar-refractivity contribution in [3.05, 3.63) is 59.2 Å². The maximum Gasteiger partial charge on any atom is 0.334 e. The molecule has 1 unspecified atom stereocenters. The molecule has 0 aromatic heterocycles. The average molecular weight is 403 g/mol. The summed E-state index contributed by atoms with van der Waals surface area (Å²) < 4.78 is 34.6. The van der Waals surface area contributed by atoms with Crippen molar-refractivity contribution in [2.45, 2.75) is 25.9 Å². The lowest BCUT2D eigenvalue weighted by molar-refractivity contribution is -0.134. The number of hydrogen-bond donors (Lipinski definition) is 3. The van der Waals surface area contributed by atoms with Gasteiger partial charge in [-0.1, -0.05) is 12.1 Å². The Morgan fingerprint density at radius 3 is 2.52 bits per heavy atom. The van der Waals surface area contributed by atoms with Crippen molar-refractivity contribution in [2.75, 3.05) is 11.9 Å². The Labute approximate surface area is 165 Å². The molecule has 0 spiro atoms. The van der Waals surface area contributed by atoms with E-state index in [1.165, 1.54) is 12.1 Å². The van der Waals surface area contributed by atoms with Gasteiger partial charge in [-0.05, 0) is 49.6 Å². The molecule has 1 aliphatic rings. The molecule has 0 aliphatic heterocycles. The lowest BCUT2D eigenvalue weighted by atomic mass is 10.0. The largest absolute Gasteiger partial charge is 0.494 e. The molecule has 0 fully saturated rings. The number of aliphatic hydroxyl groups excluding tert-OH is 1. The van der Waals surface area contributed by atoms with E-state index in [9.17, 15) is 23.5 Å². The van der Waals surface area contributed by atoms with Crippen LogP contribution in [0.4, 0.5) is 14.5 Å². The van der Waals surface area contributed by atoms with Gasteiger partial charge in [0.1, 0.15) is 17.4 Å². The van der Waals surface area contributed by atoms with E-state index in [0.717, 1.165) is 12.1 Å². The van der Waals surface area contributed by atoms with E-state index < -0.39 is 35.2 Å². The summed E-state index contributed by atoms with van der Waals surface area (Å²) in [5.74, 6) is -3.54. The third kappa shape index (κ3) is 4.27. The smallest absolute Gasteiger partial charge is 0.334 e. The van der Waals surface area contributed by atoms with Crippen LogP contribution < -0.4 is 10.1 Å². The lowest BCUT2D eigenvalue weighted by Crippen LogP contribution is -2.19. The Bertz CT molecular complexity index is 979. The number of anilines is 1. The van der Waals surface area contributed by atoms with Crippen molar-refractivity contribution in [2.24, 2.45) is 0 Å². The third-order valence-corrected chi connectivity index (χ3v) is 4.56. The van der Waals surface area contributed by atoms with Crippen LogP contribution in [-0.4, -0.2) is 34.8 Å². The fourth-order valence-corrected chi connectivity index (χ4v) is 3.30. The SMILES string of the molecule is CCOc1cccc(-c2c(F)cc(NC(=O)C3=C(C(=O)O)C(O)CC3)cc2F)c1. The van der Waals surface area contributed by atoms with Gasteiger partial charge in [-0.25, -0.2) is 13.6 Å². The number of carbonyl (C=O) groups is 2. The number of aliphatic carboxylic acids is 1. The first kappa shape index (κ1) is 20.5. The maximum absolute atomic E-state index is 14.6. The minimum Gasteiger partial charge on any atom is -0.494 e. The lowest BCUT2D eigenvalue weighted by Gasteiger charge is -2.12. The van der Waals surface area contributed by atoms with Crippen LogP contribution in [0.2, 0.25) is 0 Å². The fourth-order valence-electron chi connectivity index (χ4n) is 3.30. The Hall–Kier alpha value is -3.26. The predicted octanol–water partition coefficient (Wildman–Crippen LogP) is 3.50. The molecule has 1 atom stereocenters. The summed E-state index contributed by atoms with van der Waals surface area (Å²) in [4.78, 5) is 23.6. The minimum atomic E-state index is -1.40. The van der Waals surface area contributed by atoms with Crippen LogP contribution in [0.5, 0.6) is 5.75 Å². The van der Waals surface area contributed by atoms with Gasteiger partial charge in [0.15, 0.2) is 0 Å². The summed E-state index contributed by atoms with van der Waals surface area (Å²) in [6, 6.07) is 8.23. The molecule has 0 heterocycles. The summed E-state index contributed by atoms with van der Waals surface area (Å²) in [5.41, 5.74) is -0.662. The summed E-state index contributed by atoms with van der Waals surface area (Å²) in [5, 5.41) is 21.2. The van der Waals surface area contributed by atoms with Gasteiger partial charge in [0.2, 0.25) is 0 Å². The number of carboxylic acids is 1. The second-order valence-corrected chi connectivity index (χ2v) is 6.48. The number of benzene rings is 2. The molecule has 0 saturated carbocycles. The standard InChI is InChI=1S/C21H19F2NO5/c1-2-29-13-5-3-4-11(8-13)18-15(22)9-12(10-16(18)23)24-20(26)14-6-7-17(25)19(14)21(27)28/h3-5,8-10,17,25H,2,6-7H2,1H3,(H,24,26)(H,27,28). The zero-order valence-corrected chi connectivity index (χ0v) is 15.5. The van der Waals surface area contributed by atoms with E-state index in [-0.39, 0.29) is 35.2 Å². The number of rotatable bonds is 6. The highest BCUT2D eigenvalue weighted by molar-refractivity contribution is 6.09. The van der Waals surface area contributed by atoms with Crippen LogP contribution in [-0.2, 0) is 9.59 Å². The van der Waals surface area contributed by atoms with Crippen LogP contribution >= 0.6 is 0 Å². The van der Waals surface area contributed by atoms with Gasteiger partial charge in [-0.2, -0.15) is 0 Å². The highest BCUT2D eigenvalue weighted by Crippen LogP contribution is 2.32. The second-order valence-electron chi connectivity index (χ2n) is 6.48. The number of hydrogen-bond acceptors (Lipinski definition) is 4. The molecule has 3 rings (SSSR count). The molecule has 152 valence electrons. The number of aliphatic hydroxyl groups is 1. The highest BCUT2D eigenvalue weighted by atomic mass is 19.1.